The first-order valence-corrected chi connectivity index (χ1v) is 8.08. The quantitative estimate of drug-likeness (QED) is 0.745. The second-order valence-corrected chi connectivity index (χ2v) is 5.97. The van der Waals surface area contributed by atoms with Crippen molar-refractivity contribution in [3.05, 3.63) is 71.8 Å². The van der Waals surface area contributed by atoms with E-state index >= 15 is 0 Å². The highest BCUT2D eigenvalue weighted by molar-refractivity contribution is 5.95. The summed E-state index contributed by atoms with van der Waals surface area (Å²) in [5, 5.41) is 5.06. The number of carbonyl (C=O) groups is 1. The van der Waals surface area contributed by atoms with E-state index in [2.05, 4.69) is 5.32 Å². The number of anilines is 1. The van der Waals surface area contributed by atoms with Crippen molar-refractivity contribution in [1.82, 2.24) is 0 Å². The summed E-state index contributed by atoms with van der Waals surface area (Å²) in [5.41, 5.74) is 3.05. The molecule has 3 heteroatoms. The zero-order chi connectivity index (χ0) is 17.1. The van der Waals surface area contributed by atoms with Crippen molar-refractivity contribution in [2.75, 3.05) is 5.32 Å². The maximum atomic E-state index is 12.5. The highest BCUT2D eigenvalue weighted by Crippen LogP contribution is 2.26. The summed E-state index contributed by atoms with van der Waals surface area (Å²) in [6.07, 6.45) is -0.587. The van der Waals surface area contributed by atoms with Gasteiger partial charge in [-0.25, -0.2) is 0 Å². The molecule has 0 bridgehead atoms. The van der Waals surface area contributed by atoms with Crippen LogP contribution in [0, 0.1) is 13.8 Å². The van der Waals surface area contributed by atoms with E-state index < -0.39 is 6.10 Å². The number of hydrogen-bond donors (Lipinski definition) is 1. The van der Waals surface area contributed by atoms with Gasteiger partial charge >= 0.3 is 0 Å². The van der Waals surface area contributed by atoms with Gasteiger partial charge in [0.1, 0.15) is 5.75 Å². The van der Waals surface area contributed by atoms with Crippen LogP contribution in [0.25, 0.3) is 10.8 Å². The van der Waals surface area contributed by atoms with E-state index in [9.17, 15) is 4.79 Å². The second kappa shape index (κ2) is 6.75. The Labute approximate surface area is 142 Å². The molecule has 0 spiro atoms. The van der Waals surface area contributed by atoms with E-state index in [1.54, 1.807) is 6.92 Å². The number of rotatable bonds is 4. The molecule has 3 rings (SSSR count). The number of benzene rings is 3. The number of nitrogens with one attached hydrogen (secondary N) is 1. The van der Waals surface area contributed by atoms with E-state index in [1.165, 1.54) is 0 Å². The minimum Gasteiger partial charge on any atom is -0.480 e. The van der Waals surface area contributed by atoms with Crippen molar-refractivity contribution in [3.63, 3.8) is 0 Å². The lowest BCUT2D eigenvalue weighted by atomic mass is 10.1. The van der Waals surface area contributed by atoms with Gasteiger partial charge in [0.15, 0.2) is 6.10 Å². The van der Waals surface area contributed by atoms with Gasteiger partial charge in [-0.3, -0.25) is 4.79 Å². The van der Waals surface area contributed by atoms with E-state index in [0.717, 1.165) is 33.3 Å². The van der Waals surface area contributed by atoms with Crippen molar-refractivity contribution < 1.29 is 9.53 Å². The lowest BCUT2D eigenvalue weighted by Crippen LogP contribution is -2.30. The highest BCUT2D eigenvalue weighted by Gasteiger charge is 2.17. The van der Waals surface area contributed by atoms with Crippen molar-refractivity contribution in [2.45, 2.75) is 26.9 Å². The minimum atomic E-state index is -0.587. The molecule has 0 radical (unpaired) electrons. The third-order valence-electron chi connectivity index (χ3n) is 4.29. The van der Waals surface area contributed by atoms with E-state index in [4.69, 9.17) is 4.74 Å². The molecule has 0 fully saturated rings. The summed E-state index contributed by atoms with van der Waals surface area (Å²) < 4.78 is 5.92. The van der Waals surface area contributed by atoms with Crippen molar-refractivity contribution in [3.8, 4) is 5.75 Å². The predicted octanol–water partition coefficient (Wildman–Crippen LogP) is 4.86. The summed E-state index contributed by atoms with van der Waals surface area (Å²) in [5.74, 6) is 0.563. The number of carbonyl (C=O) groups excluding carboxylic acids is 1. The molecule has 0 aromatic heterocycles. The molecule has 3 nitrogen and oxygen atoms in total. The van der Waals surface area contributed by atoms with Gasteiger partial charge in [-0.05, 0) is 49.4 Å². The van der Waals surface area contributed by atoms with Gasteiger partial charge in [-0.2, -0.15) is 0 Å². The average Bonchev–Trinajstić information content (AvgIpc) is 2.59. The standard InChI is InChI=1S/C21H21NO2/c1-14-8-6-12-19(15(14)2)22-21(23)16(3)24-20-13-7-10-17-9-4-5-11-18(17)20/h4-13,16H,1-3H3,(H,22,23)/t16-/m1/s1. The Hall–Kier alpha value is -2.81. The van der Waals surface area contributed by atoms with Gasteiger partial charge in [-0.15, -0.1) is 0 Å². The lowest BCUT2D eigenvalue weighted by Gasteiger charge is -2.17. The average molecular weight is 319 g/mol. The lowest BCUT2D eigenvalue weighted by molar-refractivity contribution is -0.122. The fourth-order valence-corrected chi connectivity index (χ4v) is 2.66. The van der Waals surface area contributed by atoms with Crippen molar-refractivity contribution in [1.29, 1.82) is 0 Å². The number of amides is 1. The van der Waals surface area contributed by atoms with Crippen LogP contribution in [0.5, 0.6) is 5.75 Å². The molecule has 0 saturated carbocycles. The van der Waals surface area contributed by atoms with Crippen LogP contribution in [-0.2, 0) is 4.79 Å². The monoisotopic (exact) mass is 319 g/mol. The molecule has 0 unspecified atom stereocenters. The van der Waals surface area contributed by atoms with Gasteiger partial charge in [0.05, 0.1) is 0 Å². The van der Waals surface area contributed by atoms with Crippen LogP contribution in [0.15, 0.2) is 60.7 Å². The molecule has 1 amide bonds. The molecule has 3 aromatic carbocycles. The van der Waals surface area contributed by atoms with Crippen LogP contribution in [0.3, 0.4) is 0 Å². The second-order valence-electron chi connectivity index (χ2n) is 5.97. The van der Waals surface area contributed by atoms with Gasteiger partial charge in [0.25, 0.3) is 5.91 Å². The van der Waals surface area contributed by atoms with Crippen LogP contribution >= 0.6 is 0 Å². The maximum Gasteiger partial charge on any atom is 0.265 e. The van der Waals surface area contributed by atoms with Crippen LogP contribution in [-0.4, -0.2) is 12.0 Å². The Morgan fingerprint density at radius 2 is 1.67 bits per heavy atom. The predicted molar refractivity (Wildman–Crippen MR) is 98.6 cm³/mol. The zero-order valence-electron chi connectivity index (χ0n) is 14.2. The summed E-state index contributed by atoms with van der Waals surface area (Å²) in [6, 6.07) is 19.7. The summed E-state index contributed by atoms with van der Waals surface area (Å²) in [4.78, 5) is 12.5. The van der Waals surface area contributed by atoms with Gasteiger partial charge in [-0.1, -0.05) is 48.5 Å². The molecule has 24 heavy (non-hydrogen) atoms. The largest absolute Gasteiger partial charge is 0.480 e. The molecular formula is C21H21NO2. The maximum absolute atomic E-state index is 12.5. The van der Waals surface area contributed by atoms with Gasteiger partial charge in [0, 0.05) is 11.1 Å². The molecule has 0 aliphatic heterocycles. The molecule has 3 aromatic rings. The van der Waals surface area contributed by atoms with Crippen LogP contribution in [0.1, 0.15) is 18.1 Å². The highest BCUT2D eigenvalue weighted by atomic mass is 16.5. The van der Waals surface area contributed by atoms with Crippen molar-refractivity contribution >= 4 is 22.4 Å². The summed E-state index contributed by atoms with van der Waals surface area (Å²) in [6.45, 7) is 5.80. The molecule has 1 atom stereocenters. The number of hydrogen-bond acceptors (Lipinski definition) is 2. The fourth-order valence-electron chi connectivity index (χ4n) is 2.66. The molecule has 122 valence electrons. The van der Waals surface area contributed by atoms with E-state index in [-0.39, 0.29) is 5.91 Å². The van der Waals surface area contributed by atoms with Crippen LogP contribution in [0.4, 0.5) is 5.69 Å². The molecule has 0 heterocycles. The van der Waals surface area contributed by atoms with Gasteiger partial charge in [0.2, 0.25) is 0 Å². The first kappa shape index (κ1) is 16.1. The van der Waals surface area contributed by atoms with E-state index in [0.29, 0.717) is 0 Å². The number of fused-ring (bicyclic) bond motifs is 1. The zero-order valence-corrected chi connectivity index (χ0v) is 14.2. The van der Waals surface area contributed by atoms with Gasteiger partial charge < -0.3 is 10.1 Å². The smallest absolute Gasteiger partial charge is 0.265 e. The molecule has 1 N–H and O–H groups in total. The van der Waals surface area contributed by atoms with Crippen LogP contribution in [0.2, 0.25) is 0 Å². The van der Waals surface area contributed by atoms with Crippen LogP contribution < -0.4 is 10.1 Å². The third-order valence-corrected chi connectivity index (χ3v) is 4.29. The van der Waals surface area contributed by atoms with E-state index in [1.807, 2.05) is 74.5 Å². The Balaban J connectivity index is 1.77. The van der Waals surface area contributed by atoms with Crippen molar-refractivity contribution in [2.24, 2.45) is 0 Å². The topological polar surface area (TPSA) is 38.3 Å². The first-order chi connectivity index (χ1) is 11.6. The molecule has 0 saturated heterocycles. The SMILES string of the molecule is Cc1cccc(NC(=O)[C@@H](C)Oc2cccc3ccccc23)c1C. The Bertz CT molecular complexity index is 881. The fraction of sp³-hybridized carbons (Fsp3) is 0.190. The molecular weight excluding hydrogens is 298 g/mol. The minimum absolute atomic E-state index is 0.156. The summed E-state index contributed by atoms with van der Waals surface area (Å²) >= 11 is 0. The Morgan fingerprint density at radius 3 is 2.50 bits per heavy atom. The molecule has 0 aliphatic rings. The number of ether oxygens (including phenoxy) is 1. The first-order valence-electron chi connectivity index (χ1n) is 8.08. The third kappa shape index (κ3) is 3.25. The Morgan fingerprint density at radius 1 is 0.958 bits per heavy atom. The molecule has 0 aliphatic carbocycles. The summed E-state index contributed by atoms with van der Waals surface area (Å²) in [7, 11) is 0. The number of aryl methyl sites for hydroxylation is 1. The Kier molecular flexibility index (Phi) is 4.52. The normalized spacial score (nSPS) is 12.0.